The molecule has 3 aromatic carbocycles. The van der Waals surface area contributed by atoms with E-state index in [9.17, 15) is 34.6 Å². The largest absolute Gasteiger partial charge is 0.493 e. The van der Waals surface area contributed by atoms with Crippen molar-refractivity contribution in [3.8, 4) is 11.5 Å². The molecule has 192 valence electrons. The number of nitro benzene ring substituents is 2. The number of nitrogens with zero attached hydrogens (tertiary/aromatic N) is 3. The first-order chi connectivity index (χ1) is 18.2. The lowest BCUT2D eigenvalue weighted by Crippen LogP contribution is -2.54. The number of barbiturate groups is 1. The van der Waals surface area contributed by atoms with Gasteiger partial charge in [0.25, 0.3) is 23.2 Å². The molecule has 1 N–H and O–H groups in total. The molecule has 13 heteroatoms. The summed E-state index contributed by atoms with van der Waals surface area (Å²) in [6.45, 7) is 0.0992. The Morgan fingerprint density at radius 1 is 0.868 bits per heavy atom. The predicted octanol–water partition coefficient (Wildman–Crippen LogP) is 3.76. The van der Waals surface area contributed by atoms with Crippen molar-refractivity contribution in [2.45, 2.75) is 6.61 Å². The Morgan fingerprint density at radius 2 is 1.47 bits per heavy atom. The minimum Gasteiger partial charge on any atom is -0.493 e. The van der Waals surface area contributed by atoms with Crippen LogP contribution < -0.4 is 19.7 Å². The van der Waals surface area contributed by atoms with Crippen LogP contribution in [0.15, 0.2) is 72.3 Å². The van der Waals surface area contributed by atoms with Crippen LogP contribution in [0.3, 0.4) is 0 Å². The lowest BCUT2D eigenvalue weighted by molar-refractivity contribution is -0.385. The number of rotatable bonds is 8. The van der Waals surface area contributed by atoms with Gasteiger partial charge in [0.2, 0.25) is 0 Å². The van der Waals surface area contributed by atoms with Gasteiger partial charge in [-0.1, -0.05) is 6.07 Å². The normalized spacial score (nSPS) is 14.3. The first kappa shape index (κ1) is 25.5. The van der Waals surface area contributed by atoms with Crippen LogP contribution in [0.4, 0.5) is 21.9 Å². The summed E-state index contributed by atoms with van der Waals surface area (Å²) in [6.07, 6.45) is 1.27. The van der Waals surface area contributed by atoms with Gasteiger partial charge in [0.05, 0.1) is 22.6 Å². The Balaban J connectivity index is 1.55. The minimum absolute atomic E-state index is 0.0427. The van der Waals surface area contributed by atoms with Crippen molar-refractivity contribution >= 4 is 41.0 Å². The molecule has 4 rings (SSSR count). The molecule has 0 aliphatic carbocycles. The fraction of sp³-hybridized carbons (Fsp3) is 0.0800. The fourth-order valence-corrected chi connectivity index (χ4v) is 3.55. The molecule has 0 atom stereocenters. The third kappa shape index (κ3) is 5.31. The smallest absolute Gasteiger partial charge is 0.335 e. The van der Waals surface area contributed by atoms with E-state index in [0.29, 0.717) is 21.8 Å². The molecule has 0 radical (unpaired) electrons. The van der Waals surface area contributed by atoms with Crippen LogP contribution in [0.1, 0.15) is 11.1 Å². The summed E-state index contributed by atoms with van der Waals surface area (Å²) in [7, 11) is 1.40. The Labute approximate surface area is 214 Å². The lowest BCUT2D eigenvalue weighted by atomic mass is 10.1. The first-order valence-corrected chi connectivity index (χ1v) is 10.9. The van der Waals surface area contributed by atoms with Gasteiger partial charge in [-0.3, -0.25) is 35.1 Å². The number of methoxy groups -OCH3 is 1. The third-order valence-electron chi connectivity index (χ3n) is 5.46. The molecule has 13 nitrogen and oxygen atoms in total. The van der Waals surface area contributed by atoms with Gasteiger partial charge in [0.1, 0.15) is 12.2 Å². The van der Waals surface area contributed by atoms with Crippen LogP contribution in [0.2, 0.25) is 0 Å². The zero-order chi connectivity index (χ0) is 27.4. The maximum Gasteiger partial charge on any atom is 0.335 e. The topological polar surface area (TPSA) is 171 Å². The molecule has 0 aromatic heterocycles. The van der Waals surface area contributed by atoms with E-state index in [2.05, 4.69) is 5.32 Å². The van der Waals surface area contributed by atoms with Crippen molar-refractivity contribution in [3.05, 3.63) is 104 Å². The number of nitro groups is 2. The van der Waals surface area contributed by atoms with E-state index in [-0.39, 0.29) is 35.0 Å². The van der Waals surface area contributed by atoms with Crippen molar-refractivity contribution < 1.29 is 33.7 Å². The zero-order valence-electron chi connectivity index (χ0n) is 19.7. The number of amides is 4. The molecule has 1 aliphatic rings. The van der Waals surface area contributed by atoms with Crippen LogP contribution in [-0.2, 0) is 16.2 Å². The van der Waals surface area contributed by atoms with Crippen LogP contribution in [0.5, 0.6) is 11.5 Å². The van der Waals surface area contributed by atoms with Gasteiger partial charge in [0, 0.05) is 24.3 Å². The third-order valence-corrected chi connectivity index (χ3v) is 5.46. The molecule has 3 aromatic rings. The summed E-state index contributed by atoms with van der Waals surface area (Å²) in [6, 6.07) is 14.2. The standard InChI is InChI=1S/C25H18N4O9/c1-37-22-13-16(4-11-21(22)38-14-15-2-5-18(6-3-15)28(33)34)12-20-23(30)26-25(32)27(24(20)31)17-7-9-19(10-8-17)29(35)36/h2-13H,14H2,1H3,(H,26,30,32)/b20-12+. The Kier molecular flexibility index (Phi) is 7.10. The number of benzene rings is 3. The van der Waals surface area contributed by atoms with Crippen molar-refractivity contribution in [3.63, 3.8) is 0 Å². The number of urea groups is 1. The number of carbonyl (C=O) groups excluding carboxylic acids is 3. The second-order valence-electron chi connectivity index (χ2n) is 7.85. The molecule has 1 aliphatic heterocycles. The summed E-state index contributed by atoms with van der Waals surface area (Å²) < 4.78 is 11.1. The molecular weight excluding hydrogens is 500 g/mol. The van der Waals surface area contributed by atoms with Gasteiger partial charge in [-0.15, -0.1) is 0 Å². The first-order valence-electron chi connectivity index (χ1n) is 10.9. The molecule has 0 saturated carbocycles. The van der Waals surface area contributed by atoms with E-state index in [1.165, 1.54) is 43.5 Å². The average molecular weight is 518 g/mol. The molecule has 4 amide bonds. The van der Waals surface area contributed by atoms with Crippen LogP contribution in [-0.4, -0.2) is 34.8 Å². The summed E-state index contributed by atoms with van der Waals surface area (Å²) in [5.41, 5.74) is 0.506. The molecule has 0 bridgehead atoms. The van der Waals surface area contributed by atoms with Crippen molar-refractivity contribution in [1.29, 1.82) is 0 Å². The summed E-state index contributed by atoms with van der Waals surface area (Å²) >= 11 is 0. The number of carbonyl (C=O) groups is 3. The highest BCUT2D eigenvalue weighted by atomic mass is 16.6. The van der Waals surface area contributed by atoms with Gasteiger partial charge in [-0.25, -0.2) is 9.69 Å². The highest BCUT2D eigenvalue weighted by Crippen LogP contribution is 2.31. The number of nitrogens with one attached hydrogen (secondary N) is 1. The van der Waals surface area contributed by atoms with Gasteiger partial charge >= 0.3 is 6.03 Å². The number of hydrogen-bond donors (Lipinski definition) is 1. The average Bonchev–Trinajstić information content (AvgIpc) is 2.90. The number of ether oxygens (including phenoxy) is 2. The quantitative estimate of drug-likeness (QED) is 0.202. The number of non-ortho nitro benzene ring substituents is 2. The number of hydrogen-bond acceptors (Lipinski definition) is 9. The molecule has 0 unspecified atom stereocenters. The van der Waals surface area contributed by atoms with E-state index in [1.54, 1.807) is 24.3 Å². The maximum atomic E-state index is 13.1. The van der Waals surface area contributed by atoms with E-state index < -0.39 is 27.7 Å². The molecule has 0 spiro atoms. The van der Waals surface area contributed by atoms with E-state index >= 15 is 0 Å². The van der Waals surface area contributed by atoms with E-state index in [4.69, 9.17) is 9.47 Å². The maximum absolute atomic E-state index is 13.1. The van der Waals surface area contributed by atoms with E-state index in [0.717, 1.165) is 12.1 Å². The van der Waals surface area contributed by atoms with Crippen LogP contribution in [0, 0.1) is 20.2 Å². The summed E-state index contributed by atoms with van der Waals surface area (Å²) in [5.74, 6) is -1.19. The van der Waals surface area contributed by atoms with Gasteiger partial charge < -0.3 is 9.47 Å². The second kappa shape index (κ2) is 10.6. The fourth-order valence-electron chi connectivity index (χ4n) is 3.55. The molecule has 1 fully saturated rings. The molecule has 1 heterocycles. The van der Waals surface area contributed by atoms with Crippen molar-refractivity contribution in [1.82, 2.24) is 5.32 Å². The van der Waals surface area contributed by atoms with Crippen LogP contribution in [0.25, 0.3) is 6.08 Å². The monoisotopic (exact) mass is 518 g/mol. The lowest BCUT2D eigenvalue weighted by Gasteiger charge is -2.26. The number of anilines is 1. The summed E-state index contributed by atoms with van der Waals surface area (Å²) in [5, 5.41) is 23.8. The molecule has 1 saturated heterocycles. The Bertz CT molecular complexity index is 1480. The SMILES string of the molecule is COc1cc(/C=C2\C(=O)NC(=O)N(c3ccc([N+](=O)[O-])cc3)C2=O)ccc1OCc1ccc([N+](=O)[O-])cc1. The minimum atomic E-state index is -0.987. The second-order valence-corrected chi connectivity index (χ2v) is 7.85. The highest BCUT2D eigenvalue weighted by molar-refractivity contribution is 6.39. The van der Waals surface area contributed by atoms with E-state index in [1.807, 2.05) is 0 Å². The number of imide groups is 2. The Morgan fingerprint density at radius 3 is 2.05 bits per heavy atom. The van der Waals surface area contributed by atoms with Gasteiger partial charge in [-0.2, -0.15) is 0 Å². The highest BCUT2D eigenvalue weighted by Gasteiger charge is 2.37. The van der Waals surface area contributed by atoms with Crippen LogP contribution >= 0.6 is 0 Å². The van der Waals surface area contributed by atoms with Gasteiger partial charge in [0.15, 0.2) is 11.5 Å². The van der Waals surface area contributed by atoms with Crippen molar-refractivity contribution in [2.24, 2.45) is 0 Å². The molecular formula is C25H18N4O9. The Hall–Kier alpha value is -5.59. The van der Waals surface area contributed by atoms with Gasteiger partial charge in [-0.05, 0) is 53.6 Å². The predicted molar refractivity (Wildman–Crippen MR) is 133 cm³/mol. The van der Waals surface area contributed by atoms with Crippen molar-refractivity contribution in [2.75, 3.05) is 12.0 Å². The zero-order valence-corrected chi connectivity index (χ0v) is 19.7. The summed E-state index contributed by atoms with van der Waals surface area (Å²) in [4.78, 5) is 59.1. The molecule has 38 heavy (non-hydrogen) atoms.